The van der Waals surface area contributed by atoms with Crippen molar-refractivity contribution in [3.63, 3.8) is 0 Å². The van der Waals surface area contributed by atoms with Gasteiger partial charge in [0.25, 0.3) is 0 Å². The van der Waals surface area contributed by atoms with Gasteiger partial charge in [-0.3, -0.25) is 5.10 Å². The second kappa shape index (κ2) is 13.8. The van der Waals surface area contributed by atoms with Crippen molar-refractivity contribution in [2.45, 2.75) is 0 Å². The number of carbonyl (C=O) groups is 2. The number of nitrogens with one attached hydrogen (secondary N) is 1. The van der Waals surface area contributed by atoms with Crippen molar-refractivity contribution in [1.29, 1.82) is 0 Å². The number of benzene rings is 2. The Hall–Kier alpha value is -3.03. The molecule has 6 aromatic rings. The normalized spacial score (nSPS) is 10.5. The third-order valence-corrected chi connectivity index (χ3v) is 7.51. The second-order valence-electron chi connectivity index (χ2n) is 7.92. The summed E-state index contributed by atoms with van der Waals surface area (Å²) in [6.45, 7) is 0. The summed E-state index contributed by atoms with van der Waals surface area (Å²) in [6, 6.07) is 17.6. The van der Waals surface area contributed by atoms with Gasteiger partial charge in [0.2, 0.25) is 5.95 Å². The standard InChI is InChI=1S/C13H7BrIN3O2.C8H5BrN2O2.C5H3FIN/c14-7-1-2-10-9(5-7)12(13(19)20)17-18(10)11-6-8(15)3-4-16-11;9-4-1-2-6-5(3-4)7(8(12)13)11-10-6;6-5-3-4(7)1-2-8-5/h1-6H,(H,19,20);1-3H,(H,10,11)(H,12,13);1-3H. The minimum Gasteiger partial charge on any atom is -0.476 e. The van der Waals surface area contributed by atoms with E-state index in [0.29, 0.717) is 22.1 Å². The highest BCUT2D eigenvalue weighted by molar-refractivity contribution is 14.1. The molecule has 3 N–H and O–H groups in total. The lowest BCUT2D eigenvalue weighted by molar-refractivity contribution is 0.0681. The molecule has 0 amide bonds. The van der Waals surface area contributed by atoms with Gasteiger partial charge in [0.05, 0.1) is 11.0 Å². The van der Waals surface area contributed by atoms with Crippen molar-refractivity contribution >= 4 is 111 Å². The number of fused-ring (bicyclic) bond motifs is 2. The molecule has 2 aromatic carbocycles. The van der Waals surface area contributed by atoms with Crippen LogP contribution in [0, 0.1) is 13.1 Å². The summed E-state index contributed by atoms with van der Waals surface area (Å²) in [5.74, 6) is -1.91. The number of aromatic amines is 1. The largest absolute Gasteiger partial charge is 0.476 e. The summed E-state index contributed by atoms with van der Waals surface area (Å²) < 4.78 is 17.1. The number of carboxylic acid groups (broad SMARTS) is 2. The van der Waals surface area contributed by atoms with Crippen LogP contribution in [0.2, 0.25) is 0 Å². The van der Waals surface area contributed by atoms with Gasteiger partial charge in [-0.1, -0.05) is 31.9 Å². The van der Waals surface area contributed by atoms with E-state index in [2.05, 4.69) is 79.7 Å². The van der Waals surface area contributed by atoms with E-state index in [1.54, 1.807) is 35.1 Å². The SMILES string of the molecule is Fc1cc(I)ccn1.O=C(O)c1n[nH]c2ccc(Br)cc12.O=C(O)c1nn(-c2cc(I)ccn2)c2ccc(Br)cc12. The summed E-state index contributed by atoms with van der Waals surface area (Å²) in [6.07, 6.45) is 3.11. The number of aromatic carboxylic acids is 2. The Morgan fingerprint density at radius 3 is 2.00 bits per heavy atom. The Kier molecular flexibility index (Phi) is 10.4. The molecule has 0 aliphatic rings. The van der Waals surface area contributed by atoms with E-state index in [0.717, 1.165) is 21.6 Å². The van der Waals surface area contributed by atoms with Crippen LogP contribution in [-0.4, -0.2) is 52.1 Å². The third-order valence-electron chi connectivity index (χ3n) is 5.19. The predicted molar refractivity (Wildman–Crippen MR) is 174 cm³/mol. The van der Waals surface area contributed by atoms with E-state index in [-0.39, 0.29) is 11.4 Å². The van der Waals surface area contributed by atoms with Gasteiger partial charge in [0.15, 0.2) is 17.2 Å². The molecule has 15 heteroatoms. The fourth-order valence-corrected chi connectivity index (χ4v) is 5.04. The number of aromatic nitrogens is 6. The van der Waals surface area contributed by atoms with Crippen molar-refractivity contribution in [2.24, 2.45) is 0 Å². The van der Waals surface area contributed by atoms with E-state index in [1.165, 1.54) is 12.3 Å². The molecule has 0 atom stereocenters. The lowest BCUT2D eigenvalue weighted by Gasteiger charge is -2.02. The van der Waals surface area contributed by atoms with Gasteiger partial charge in [-0.25, -0.2) is 24.2 Å². The van der Waals surface area contributed by atoms with Gasteiger partial charge in [-0.2, -0.15) is 14.6 Å². The molecule has 0 radical (unpaired) electrons. The van der Waals surface area contributed by atoms with Crippen LogP contribution < -0.4 is 0 Å². The highest BCUT2D eigenvalue weighted by Crippen LogP contribution is 2.25. The number of H-pyrrole nitrogens is 1. The molecule has 0 unspecified atom stereocenters. The number of rotatable bonds is 3. The number of pyridine rings is 2. The maximum absolute atomic E-state index is 12.1. The summed E-state index contributed by atoms with van der Waals surface area (Å²) in [5.41, 5.74) is 1.50. The predicted octanol–water partition coefficient (Wildman–Crippen LogP) is 7.33. The molecule has 10 nitrogen and oxygen atoms in total. The van der Waals surface area contributed by atoms with E-state index < -0.39 is 17.9 Å². The smallest absolute Gasteiger partial charge is 0.357 e. The Morgan fingerprint density at radius 1 is 0.805 bits per heavy atom. The summed E-state index contributed by atoms with van der Waals surface area (Å²) in [5, 5.41) is 29.7. The quantitative estimate of drug-likeness (QED) is 0.124. The molecule has 0 saturated heterocycles. The molecule has 0 spiro atoms. The van der Waals surface area contributed by atoms with E-state index >= 15 is 0 Å². The first-order chi connectivity index (χ1) is 19.5. The van der Waals surface area contributed by atoms with Gasteiger partial charge in [-0.05, 0) is 99.8 Å². The fourth-order valence-electron chi connectivity index (χ4n) is 3.46. The minimum absolute atomic E-state index is 0.0157. The Balaban J connectivity index is 0.000000158. The molecule has 0 aliphatic heterocycles. The van der Waals surface area contributed by atoms with Gasteiger partial charge < -0.3 is 10.2 Å². The third kappa shape index (κ3) is 7.83. The van der Waals surface area contributed by atoms with Crippen molar-refractivity contribution in [3.8, 4) is 5.82 Å². The fraction of sp³-hybridized carbons (Fsp3) is 0. The number of halogens is 5. The minimum atomic E-state index is -1.06. The van der Waals surface area contributed by atoms with Crippen LogP contribution in [0.5, 0.6) is 0 Å². The lowest BCUT2D eigenvalue weighted by Crippen LogP contribution is -2.03. The van der Waals surface area contributed by atoms with Crippen molar-refractivity contribution in [2.75, 3.05) is 0 Å². The van der Waals surface area contributed by atoms with Gasteiger partial charge >= 0.3 is 11.9 Å². The van der Waals surface area contributed by atoms with Gasteiger partial charge in [0.1, 0.15) is 0 Å². The number of nitrogens with zero attached hydrogens (tertiary/aromatic N) is 5. The van der Waals surface area contributed by atoms with Crippen molar-refractivity contribution < 1.29 is 24.2 Å². The van der Waals surface area contributed by atoms with E-state index in [1.807, 2.05) is 52.9 Å². The first kappa shape index (κ1) is 30.9. The molecule has 6 rings (SSSR count). The van der Waals surface area contributed by atoms with Crippen molar-refractivity contribution in [1.82, 2.24) is 29.9 Å². The number of carboxylic acids is 2. The van der Waals surface area contributed by atoms with Gasteiger partial charge in [0, 0.05) is 45.3 Å². The molecule has 208 valence electrons. The number of hydrogen-bond acceptors (Lipinski definition) is 6. The Labute approximate surface area is 274 Å². The van der Waals surface area contributed by atoms with E-state index in [4.69, 9.17) is 5.11 Å². The summed E-state index contributed by atoms with van der Waals surface area (Å²) in [4.78, 5) is 29.6. The second-order valence-corrected chi connectivity index (χ2v) is 12.2. The molecule has 0 bridgehead atoms. The molecule has 4 heterocycles. The topological polar surface area (TPSA) is 147 Å². The van der Waals surface area contributed by atoms with Crippen LogP contribution in [0.1, 0.15) is 21.0 Å². The van der Waals surface area contributed by atoms with Crippen LogP contribution in [0.25, 0.3) is 27.6 Å². The summed E-state index contributed by atoms with van der Waals surface area (Å²) in [7, 11) is 0. The van der Waals surface area contributed by atoms with E-state index in [9.17, 15) is 19.1 Å². The van der Waals surface area contributed by atoms with Crippen LogP contribution in [0.4, 0.5) is 4.39 Å². The van der Waals surface area contributed by atoms with Crippen LogP contribution >= 0.6 is 77.0 Å². The van der Waals surface area contributed by atoms with Crippen LogP contribution in [0.3, 0.4) is 0 Å². The average Bonchev–Trinajstić information content (AvgIpc) is 3.51. The van der Waals surface area contributed by atoms with Crippen LogP contribution in [-0.2, 0) is 0 Å². The van der Waals surface area contributed by atoms with Crippen LogP contribution in [0.15, 0.2) is 82.0 Å². The molecular weight excluding hydrogens is 893 g/mol. The molecule has 0 aliphatic carbocycles. The molecule has 0 saturated carbocycles. The maximum atomic E-state index is 12.1. The summed E-state index contributed by atoms with van der Waals surface area (Å²) >= 11 is 10.8. The molecule has 41 heavy (non-hydrogen) atoms. The Bertz CT molecular complexity index is 1880. The molecule has 0 fully saturated rings. The maximum Gasteiger partial charge on any atom is 0.357 e. The monoisotopic (exact) mass is 906 g/mol. The average molecular weight is 908 g/mol. The Morgan fingerprint density at radius 2 is 1.41 bits per heavy atom. The molecular formula is C26H15Br2FI2N6O4. The highest BCUT2D eigenvalue weighted by Gasteiger charge is 2.18. The zero-order chi connectivity index (χ0) is 29.7. The highest BCUT2D eigenvalue weighted by atomic mass is 127. The molecule has 4 aromatic heterocycles. The van der Waals surface area contributed by atoms with Crippen molar-refractivity contribution in [3.05, 3.63) is 106 Å². The van der Waals surface area contributed by atoms with Gasteiger partial charge in [-0.15, -0.1) is 0 Å². The first-order valence-electron chi connectivity index (χ1n) is 11.2. The zero-order valence-corrected chi connectivity index (χ0v) is 27.8. The first-order valence-corrected chi connectivity index (χ1v) is 15.0. The zero-order valence-electron chi connectivity index (χ0n) is 20.3. The lowest BCUT2D eigenvalue weighted by atomic mass is 10.2. The number of hydrogen-bond donors (Lipinski definition) is 3.